The summed E-state index contributed by atoms with van der Waals surface area (Å²) < 4.78 is 5.27. The van der Waals surface area contributed by atoms with Gasteiger partial charge < -0.3 is 15.2 Å². The van der Waals surface area contributed by atoms with E-state index in [0.29, 0.717) is 29.0 Å². The largest absolute Gasteiger partial charge is 0.480 e. The summed E-state index contributed by atoms with van der Waals surface area (Å²) in [6.07, 6.45) is 5.36. The molecule has 0 aromatic carbocycles. The van der Waals surface area contributed by atoms with E-state index in [4.69, 9.17) is 21.4 Å². The second kappa shape index (κ2) is 8.22. The van der Waals surface area contributed by atoms with Crippen LogP contribution in [-0.2, 0) is 4.79 Å². The zero-order chi connectivity index (χ0) is 18.7. The van der Waals surface area contributed by atoms with E-state index in [9.17, 15) is 9.59 Å². The van der Waals surface area contributed by atoms with Gasteiger partial charge >= 0.3 is 5.97 Å². The first-order valence-electron chi connectivity index (χ1n) is 9.01. The zero-order valence-corrected chi connectivity index (χ0v) is 15.5. The van der Waals surface area contributed by atoms with Gasteiger partial charge in [0.25, 0.3) is 5.91 Å². The first-order valence-corrected chi connectivity index (χ1v) is 9.39. The number of carbonyl (C=O) groups is 2. The summed E-state index contributed by atoms with van der Waals surface area (Å²) in [4.78, 5) is 29.5. The normalized spacial score (nSPS) is 22.0. The number of carbonyl (C=O) groups excluding carboxylic acids is 1. The SMILES string of the molecule is CCOc1ncc(C(=O)NC2CC(N(CC(=O)O)CC3CC3)C2)cc1Cl. The smallest absolute Gasteiger partial charge is 0.317 e. The molecule has 1 aromatic heterocycles. The molecule has 26 heavy (non-hydrogen) atoms. The Labute approximate surface area is 157 Å². The van der Waals surface area contributed by atoms with Crippen LogP contribution in [0.5, 0.6) is 5.88 Å². The van der Waals surface area contributed by atoms with Crippen molar-refractivity contribution in [1.29, 1.82) is 0 Å². The van der Waals surface area contributed by atoms with Gasteiger partial charge in [-0.2, -0.15) is 0 Å². The molecule has 0 unspecified atom stereocenters. The highest BCUT2D eigenvalue weighted by molar-refractivity contribution is 6.32. The van der Waals surface area contributed by atoms with Gasteiger partial charge in [-0.1, -0.05) is 11.6 Å². The van der Waals surface area contributed by atoms with E-state index < -0.39 is 5.97 Å². The number of aliphatic carboxylic acids is 1. The Morgan fingerprint density at radius 2 is 2.15 bits per heavy atom. The monoisotopic (exact) mass is 381 g/mol. The van der Waals surface area contributed by atoms with Gasteiger partial charge in [0, 0.05) is 24.8 Å². The quantitative estimate of drug-likeness (QED) is 0.681. The summed E-state index contributed by atoms with van der Waals surface area (Å²) in [5, 5.41) is 12.4. The number of aromatic nitrogens is 1. The lowest BCUT2D eigenvalue weighted by Gasteiger charge is -2.42. The second-order valence-electron chi connectivity index (χ2n) is 7.01. The van der Waals surface area contributed by atoms with E-state index in [0.717, 1.165) is 19.4 Å². The van der Waals surface area contributed by atoms with Crippen LogP contribution in [0, 0.1) is 5.92 Å². The third-order valence-corrected chi connectivity index (χ3v) is 5.11. The Kier molecular flexibility index (Phi) is 5.98. The first-order chi connectivity index (χ1) is 12.5. The number of halogens is 1. The third-order valence-electron chi connectivity index (χ3n) is 4.84. The van der Waals surface area contributed by atoms with E-state index >= 15 is 0 Å². The van der Waals surface area contributed by atoms with Crippen molar-refractivity contribution < 1.29 is 19.4 Å². The average molecular weight is 382 g/mol. The molecule has 7 nitrogen and oxygen atoms in total. The summed E-state index contributed by atoms with van der Waals surface area (Å²) in [5.74, 6) is -0.0648. The molecule has 2 aliphatic carbocycles. The summed E-state index contributed by atoms with van der Waals surface area (Å²) >= 11 is 6.07. The molecule has 0 saturated heterocycles. The van der Waals surface area contributed by atoms with Gasteiger partial charge in [0.05, 0.1) is 18.7 Å². The minimum atomic E-state index is -0.798. The van der Waals surface area contributed by atoms with E-state index in [2.05, 4.69) is 10.3 Å². The Bertz CT molecular complexity index is 674. The second-order valence-corrected chi connectivity index (χ2v) is 7.41. The maximum atomic E-state index is 12.4. The van der Waals surface area contributed by atoms with Crippen molar-refractivity contribution in [2.75, 3.05) is 19.7 Å². The highest BCUT2D eigenvalue weighted by Crippen LogP contribution is 2.34. The molecule has 8 heteroatoms. The number of nitrogens with zero attached hydrogens (tertiary/aromatic N) is 2. The number of nitrogens with one attached hydrogen (secondary N) is 1. The number of amides is 1. The molecule has 142 valence electrons. The Hall–Kier alpha value is -1.86. The molecule has 3 rings (SSSR count). The van der Waals surface area contributed by atoms with Gasteiger partial charge in [-0.05, 0) is 44.6 Å². The Balaban J connectivity index is 1.50. The lowest BCUT2D eigenvalue weighted by atomic mass is 9.85. The topological polar surface area (TPSA) is 91.8 Å². The van der Waals surface area contributed by atoms with E-state index in [1.807, 2.05) is 11.8 Å². The number of rotatable bonds is 9. The minimum absolute atomic E-state index is 0.0494. The number of carboxylic acids is 1. The minimum Gasteiger partial charge on any atom is -0.480 e. The van der Waals surface area contributed by atoms with E-state index in [1.54, 1.807) is 6.07 Å². The van der Waals surface area contributed by atoms with Crippen LogP contribution in [0.3, 0.4) is 0 Å². The maximum Gasteiger partial charge on any atom is 0.317 e. The molecule has 2 fully saturated rings. The fourth-order valence-electron chi connectivity index (χ4n) is 3.21. The van der Waals surface area contributed by atoms with Gasteiger partial charge in [-0.25, -0.2) is 4.98 Å². The number of carboxylic acid groups (broad SMARTS) is 1. The van der Waals surface area contributed by atoms with Crippen LogP contribution in [0.15, 0.2) is 12.3 Å². The fourth-order valence-corrected chi connectivity index (χ4v) is 3.43. The molecule has 1 heterocycles. The zero-order valence-electron chi connectivity index (χ0n) is 14.8. The van der Waals surface area contributed by atoms with Crippen molar-refractivity contribution in [3.05, 3.63) is 22.8 Å². The number of hydrogen-bond donors (Lipinski definition) is 2. The van der Waals surface area contributed by atoms with Crippen molar-refractivity contribution in [1.82, 2.24) is 15.2 Å². The number of pyridine rings is 1. The highest BCUT2D eigenvalue weighted by atomic mass is 35.5. The van der Waals surface area contributed by atoms with E-state index in [-0.39, 0.29) is 24.5 Å². The fraction of sp³-hybridized carbons (Fsp3) is 0.611. The molecule has 1 amide bonds. The first kappa shape index (κ1) is 18.9. The summed E-state index contributed by atoms with van der Waals surface area (Å²) in [7, 11) is 0. The van der Waals surface area contributed by atoms with Crippen molar-refractivity contribution in [2.45, 2.75) is 44.7 Å². The Morgan fingerprint density at radius 3 is 2.73 bits per heavy atom. The van der Waals surface area contributed by atoms with Crippen LogP contribution in [-0.4, -0.2) is 58.6 Å². The average Bonchev–Trinajstić information content (AvgIpc) is 3.35. The molecule has 2 aliphatic rings. The van der Waals surface area contributed by atoms with E-state index in [1.165, 1.54) is 19.0 Å². The van der Waals surface area contributed by atoms with Crippen molar-refractivity contribution in [3.63, 3.8) is 0 Å². The van der Waals surface area contributed by atoms with Crippen LogP contribution < -0.4 is 10.1 Å². The summed E-state index contributed by atoms with van der Waals surface area (Å²) in [5.41, 5.74) is 0.391. The van der Waals surface area contributed by atoms with Crippen LogP contribution in [0.1, 0.15) is 43.0 Å². The highest BCUT2D eigenvalue weighted by Gasteiger charge is 2.37. The van der Waals surface area contributed by atoms with Crippen molar-refractivity contribution in [3.8, 4) is 5.88 Å². The molecular formula is C18H24ClN3O4. The lowest BCUT2D eigenvalue weighted by Crippen LogP contribution is -2.55. The molecule has 0 bridgehead atoms. The van der Waals surface area contributed by atoms with Crippen LogP contribution in [0.4, 0.5) is 0 Å². The maximum absolute atomic E-state index is 12.4. The standard InChI is InChI=1S/C18H24ClN3O4/c1-2-26-18-15(19)5-12(8-20-18)17(25)21-13-6-14(7-13)22(10-16(23)24)9-11-3-4-11/h5,8,11,13-14H,2-4,6-7,9-10H2,1H3,(H,21,25)(H,23,24). The molecule has 0 aliphatic heterocycles. The predicted molar refractivity (Wildman–Crippen MR) is 96.6 cm³/mol. The van der Waals surface area contributed by atoms with Crippen LogP contribution in [0.2, 0.25) is 5.02 Å². The third kappa shape index (κ3) is 4.86. The van der Waals surface area contributed by atoms with Gasteiger partial charge in [-0.3, -0.25) is 14.5 Å². The summed E-state index contributed by atoms with van der Waals surface area (Å²) in [6, 6.07) is 1.82. The molecule has 2 saturated carbocycles. The number of ether oxygens (including phenoxy) is 1. The van der Waals surface area contributed by atoms with Gasteiger partial charge in [0.15, 0.2) is 0 Å². The lowest BCUT2D eigenvalue weighted by molar-refractivity contribution is -0.139. The molecule has 0 spiro atoms. The predicted octanol–water partition coefficient (Wildman–Crippen LogP) is 2.19. The molecule has 1 aromatic rings. The molecule has 2 N–H and O–H groups in total. The molecule has 0 atom stereocenters. The van der Waals surface area contributed by atoms with Crippen LogP contribution >= 0.6 is 11.6 Å². The van der Waals surface area contributed by atoms with Gasteiger partial charge in [0.1, 0.15) is 5.02 Å². The Morgan fingerprint density at radius 1 is 1.42 bits per heavy atom. The van der Waals surface area contributed by atoms with Gasteiger partial charge in [-0.15, -0.1) is 0 Å². The van der Waals surface area contributed by atoms with Crippen molar-refractivity contribution >= 4 is 23.5 Å². The van der Waals surface area contributed by atoms with Crippen molar-refractivity contribution in [2.24, 2.45) is 5.92 Å². The molecule has 0 radical (unpaired) electrons. The summed E-state index contributed by atoms with van der Waals surface area (Å²) in [6.45, 7) is 3.20. The number of hydrogen-bond acceptors (Lipinski definition) is 5. The molecular weight excluding hydrogens is 358 g/mol. The van der Waals surface area contributed by atoms with Crippen LogP contribution in [0.25, 0.3) is 0 Å². The van der Waals surface area contributed by atoms with Gasteiger partial charge in [0.2, 0.25) is 5.88 Å².